The molecule has 2 saturated heterocycles. The van der Waals surface area contributed by atoms with Crippen LogP contribution in [0.4, 0.5) is 5.82 Å². The number of nitrogens with zero attached hydrogens (tertiary/aromatic N) is 4. The highest BCUT2D eigenvalue weighted by molar-refractivity contribution is 7.99. The Morgan fingerprint density at radius 1 is 1.00 bits per heavy atom. The van der Waals surface area contributed by atoms with Gasteiger partial charge in [-0.15, -0.1) is 0 Å². The van der Waals surface area contributed by atoms with E-state index in [1.165, 1.54) is 54.5 Å². The van der Waals surface area contributed by atoms with E-state index in [-0.39, 0.29) is 0 Å². The molecule has 3 aliphatic heterocycles. The van der Waals surface area contributed by atoms with E-state index in [1.54, 1.807) is 6.33 Å². The molecule has 0 atom stereocenters. The van der Waals surface area contributed by atoms with Crippen molar-refractivity contribution in [3.05, 3.63) is 17.6 Å². The molecule has 0 saturated carbocycles. The van der Waals surface area contributed by atoms with E-state index >= 15 is 0 Å². The van der Waals surface area contributed by atoms with Gasteiger partial charge in [-0.1, -0.05) is 0 Å². The minimum absolute atomic E-state index is 0.786. The van der Waals surface area contributed by atoms with Crippen LogP contribution in [0, 0.1) is 0 Å². The zero-order valence-electron chi connectivity index (χ0n) is 13.8. The summed E-state index contributed by atoms with van der Waals surface area (Å²) in [7, 11) is 0. The minimum Gasteiger partial charge on any atom is -0.356 e. The highest BCUT2D eigenvalue weighted by Crippen LogP contribution is 2.27. The van der Waals surface area contributed by atoms with Gasteiger partial charge in [0.15, 0.2) is 0 Å². The van der Waals surface area contributed by atoms with Crippen molar-refractivity contribution in [1.29, 1.82) is 0 Å². The summed E-state index contributed by atoms with van der Waals surface area (Å²) in [4.78, 5) is 14.4. The molecule has 5 nitrogen and oxygen atoms in total. The van der Waals surface area contributed by atoms with E-state index in [0.29, 0.717) is 0 Å². The standard InChI is InChI=1S/C17H27N5S/c1-5-18-6-2-16-15(1)17(20-13-19-16)22-7-3-14(4-8-22)21-9-11-23-12-10-21/h13-14,18H,1-12H2. The maximum Gasteiger partial charge on any atom is 0.135 e. The fourth-order valence-electron chi connectivity index (χ4n) is 4.11. The molecular formula is C17H27N5S. The van der Waals surface area contributed by atoms with Crippen molar-refractivity contribution >= 4 is 17.6 Å². The van der Waals surface area contributed by atoms with Crippen LogP contribution in [0.5, 0.6) is 0 Å². The third kappa shape index (κ3) is 3.49. The van der Waals surface area contributed by atoms with Crippen LogP contribution in [0.1, 0.15) is 24.1 Å². The summed E-state index contributed by atoms with van der Waals surface area (Å²) in [6, 6.07) is 0.786. The van der Waals surface area contributed by atoms with Crippen molar-refractivity contribution in [2.24, 2.45) is 0 Å². The second kappa shape index (κ2) is 7.36. The fourth-order valence-corrected chi connectivity index (χ4v) is 5.04. The number of thioether (sulfide) groups is 1. The Morgan fingerprint density at radius 2 is 1.78 bits per heavy atom. The number of anilines is 1. The molecule has 1 N–H and O–H groups in total. The normalized spacial score (nSPS) is 24.3. The maximum atomic E-state index is 4.67. The van der Waals surface area contributed by atoms with E-state index in [4.69, 9.17) is 0 Å². The van der Waals surface area contributed by atoms with Gasteiger partial charge in [-0.25, -0.2) is 9.97 Å². The van der Waals surface area contributed by atoms with E-state index < -0.39 is 0 Å². The van der Waals surface area contributed by atoms with E-state index in [9.17, 15) is 0 Å². The summed E-state index contributed by atoms with van der Waals surface area (Å²) in [6.45, 7) is 6.94. The van der Waals surface area contributed by atoms with Gasteiger partial charge in [-0.05, 0) is 25.8 Å². The Balaban J connectivity index is 1.44. The van der Waals surface area contributed by atoms with Gasteiger partial charge in [0.05, 0.1) is 5.69 Å². The van der Waals surface area contributed by atoms with E-state index in [2.05, 4.69) is 36.8 Å². The van der Waals surface area contributed by atoms with Crippen LogP contribution in [0.15, 0.2) is 6.33 Å². The second-order valence-corrected chi connectivity index (χ2v) is 7.96. The smallest absolute Gasteiger partial charge is 0.135 e. The Labute approximate surface area is 143 Å². The van der Waals surface area contributed by atoms with Gasteiger partial charge in [0.25, 0.3) is 0 Å². The topological polar surface area (TPSA) is 44.3 Å². The molecule has 2 fully saturated rings. The van der Waals surface area contributed by atoms with Crippen LogP contribution >= 0.6 is 11.8 Å². The summed E-state index contributed by atoms with van der Waals surface area (Å²) >= 11 is 2.10. The number of aromatic nitrogens is 2. The first-order valence-corrected chi connectivity index (χ1v) is 10.2. The number of hydrogen-bond acceptors (Lipinski definition) is 6. The second-order valence-electron chi connectivity index (χ2n) is 6.74. The Hall–Kier alpha value is -0.850. The summed E-state index contributed by atoms with van der Waals surface area (Å²) in [5, 5.41) is 3.48. The van der Waals surface area contributed by atoms with Crippen LogP contribution in [0.25, 0.3) is 0 Å². The van der Waals surface area contributed by atoms with Crippen LogP contribution in [-0.2, 0) is 12.8 Å². The first-order chi connectivity index (χ1) is 11.4. The first kappa shape index (κ1) is 15.7. The lowest BCUT2D eigenvalue weighted by Crippen LogP contribution is -2.48. The molecule has 0 amide bonds. The van der Waals surface area contributed by atoms with E-state index in [0.717, 1.165) is 45.1 Å². The maximum absolute atomic E-state index is 4.67. The molecule has 0 radical (unpaired) electrons. The van der Waals surface area contributed by atoms with Gasteiger partial charge in [0.2, 0.25) is 0 Å². The van der Waals surface area contributed by atoms with Crippen molar-refractivity contribution in [1.82, 2.24) is 20.2 Å². The average Bonchev–Trinajstić information content (AvgIpc) is 2.88. The minimum atomic E-state index is 0.786. The molecule has 0 aliphatic carbocycles. The van der Waals surface area contributed by atoms with Gasteiger partial charge in [0, 0.05) is 62.3 Å². The summed E-state index contributed by atoms with van der Waals surface area (Å²) in [6.07, 6.45) is 6.43. The third-order valence-electron chi connectivity index (χ3n) is 5.43. The van der Waals surface area contributed by atoms with Gasteiger partial charge in [-0.3, -0.25) is 4.90 Å². The molecule has 4 rings (SSSR count). The first-order valence-electron chi connectivity index (χ1n) is 9.02. The molecule has 1 aromatic heterocycles. The lowest BCUT2D eigenvalue weighted by Gasteiger charge is -2.40. The Bertz CT molecular complexity index is 524. The lowest BCUT2D eigenvalue weighted by molar-refractivity contribution is 0.185. The SMILES string of the molecule is c1nc2c(c(N3CCC(N4CCSCC4)CC3)n1)CCNCC2. The quantitative estimate of drug-likeness (QED) is 0.877. The van der Waals surface area contributed by atoms with Crippen LogP contribution in [0.2, 0.25) is 0 Å². The average molecular weight is 334 g/mol. The molecular weight excluding hydrogens is 306 g/mol. The summed E-state index contributed by atoms with van der Waals surface area (Å²) in [5.74, 6) is 3.84. The molecule has 126 valence electrons. The summed E-state index contributed by atoms with van der Waals surface area (Å²) < 4.78 is 0. The fraction of sp³-hybridized carbons (Fsp3) is 0.765. The molecule has 0 bridgehead atoms. The number of piperidine rings is 1. The lowest BCUT2D eigenvalue weighted by atomic mass is 10.0. The largest absolute Gasteiger partial charge is 0.356 e. The summed E-state index contributed by atoms with van der Waals surface area (Å²) in [5.41, 5.74) is 2.65. The van der Waals surface area contributed by atoms with Crippen molar-refractivity contribution in [3.63, 3.8) is 0 Å². The zero-order chi connectivity index (χ0) is 15.5. The van der Waals surface area contributed by atoms with Crippen LogP contribution in [0.3, 0.4) is 0 Å². The van der Waals surface area contributed by atoms with Crippen molar-refractivity contribution in [2.75, 3.05) is 55.7 Å². The molecule has 23 heavy (non-hydrogen) atoms. The number of rotatable bonds is 2. The highest BCUT2D eigenvalue weighted by Gasteiger charge is 2.28. The van der Waals surface area contributed by atoms with Gasteiger partial charge in [0.1, 0.15) is 12.1 Å². The Kier molecular flexibility index (Phi) is 5.01. The molecule has 1 aromatic rings. The molecule has 4 heterocycles. The third-order valence-corrected chi connectivity index (χ3v) is 6.37. The molecule has 3 aliphatic rings. The van der Waals surface area contributed by atoms with Gasteiger partial charge >= 0.3 is 0 Å². The molecule has 0 aromatic carbocycles. The Morgan fingerprint density at radius 3 is 2.61 bits per heavy atom. The number of hydrogen-bond donors (Lipinski definition) is 1. The van der Waals surface area contributed by atoms with Gasteiger partial charge < -0.3 is 10.2 Å². The molecule has 0 unspecified atom stereocenters. The van der Waals surface area contributed by atoms with Crippen molar-refractivity contribution in [3.8, 4) is 0 Å². The number of fused-ring (bicyclic) bond motifs is 1. The van der Waals surface area contributed by atoms with Crippen LogP contribution < -0.4 is 10.2 Å². The van der Waals surface area contributed by atoms with Crippen molar-refractivity contribution in [2.45, 2.75) is 31.7 Å². The highest BCUT2D eigenvalue weighted by atomic mass is 32.2. The van der Waals surface area contributed by atoms with Gasteiger partial charge in [-0.2, -0.15) is 11.8 Å². The predicted molar refractivity (Wildman–Crippen MR) is 96.4 cm³/mol. The predicted octanol–water partition coefficient (Wildman–Crippen LogP) is 1.18. The van der Waals surface area contributed by atoms with Crippen molar-refractivity contribution < 1.29 is 0 Å². The van der Waals surface area contributed by atoms with Crippen LogP contribution in [-0.4, -0.2) is 71.7 Å². The monoisotopic (exact) mass is 333 g/mol. The molecule has 0 spiro atoms. The van der Waals surface area contributed by atoms with E-state index in [1.807, 2.05) is 0 Å². The zero-order valence-corrected chi connectivity index (χ0v) is 14.7. The molecule has 6 heteroatoms. The number of nitrogens with one attached hydrogen (secondary N) is 1.